The van der Waals surface area contributed by atoms with Crippen LogP contribution in [0.25, 0.3) is 0 Å². The summed E-state index contributed by atoms with van der Waals surface area (Å²) in [5, 5.41) is 3.63. The first-order chi connectivity index (χ1) is 9.74. The van der Waals surface area contributed by atoms with Gasteiger partial charge in [-0.1, -0.05) is 43.2 Å². The highest BCUT2D eigenvalue weighted by Gasteiger charge is 2.19. The Labute approximate surface area is 121 Å². The van der Waals surface area contributed by atoms with Gasteiger partial charge in [0.25, 0.3) is 0 Å². The molecule has 1 heterocycles. The van der Waals surface area contributed by atoms with Crippen molar-refractivity contribution in [2.24, 2.45) is 0 Å². The Bertz CT molecular complexity index is 553. The van der Waals surface area contributed by atoms with E-state index in [1.54, 1.807) is 0 Å². The molecule has 1 aromatic carbocycles. The number of hydrogen-bond acceptors (Lipinski definition) is 2. The average Bonchev–Trinajstić information content (AvgIpc) is 3.09. The Balaban J connectivity index is 1.85. The summed E-state index contributed by atoms with van der Waals surface area (Å²) in [5.74, 6) is 1.02. The molecule has 1 fully saturated rings. The average molecular weight is 269 g/mol. The molecule has 0 saturated heterocycles. The second-order valence-corrected chi connectivity index (χ2v) is 5.83. The van der Waals surface area contributed by atoms with Crippen LogP contribution in [-0.4, -0.2) is 15.6 Å². The van der Waals surface area contributed by atoms with E-state index in [0.29, 0.717) is 12.1 Å². The summed E-state index contributed by atoms with van der Waals surface area (Å²) in [6, 6.07) is 11.5. The van der Waals surface area contributed by atoms with Crippen molar-refractivity contribution in [2.45, 2.75) is 51.6 Å². The van der Waals surface area contributed by atoms with E-state index in [9.17, 15) is 0 Å². The fourth-order valence-electron chi connectivity index (χ4n) is 3.06. The van der Waals surface area contributed by atoms with Crippen LogP contribution in [0.15, 0.2) is 36.5 Å². The van der Waals surface area contributed by atoms with Crippen LogP contribution in [-0.2, 0) is 0 Å². The fraction of sp³-hybridized carbons (Fsp3) is 0.471. The van der Waals surface area contributed by atoms with Crippen molar-refractivity contribution in [1.82, 2.24) is 9.55 Å². The smallest absolute Gasteiger partial charge is 0.203 e. The summed E-state index contributed by atoms with van der Waals surface area (Å²) < 4.78 is 2.27. The molecule has 1 aromatic heterocycles. The second-order valence-electron chi connectivity index (χ2n) is 5.83. The minimum atomic E-state index is 0.307. The lowest BCUT2D eigenvalue weighted by Gasteiger charge is -2.19. The molecule has 0 amide bonds. The molecule has 0 bridgehead atoms. The maximum absolute atomic E-state index is 4.67. The molecule has 3 rings (SSSR count). The third-order valence-corrected chi connectivity index (χ3v) is 4.24. The molecule has 1 N–H and O–H groups in total. The van der Waals surface area contributed by atoms with Crippen LogP contribution in [0, 0.1) is 6.92 Å². The molecule has 1 aliphatic rings. The molecule has 0 spiro atoms. The van der Waals surface area contributed by atoms with Gasteiger partial charge in [-0.05, 0) is 32.3 Å². The summed E-state index contributed by atoms with van der Waals surface area (Å²) in [6.07, 6.45) is 7.36. The monoisotopic (exact) mass is 269 g/mol. The fourth-order valence-corrected chi connectivity index (χ4v) is 3.06. The maximum Gasteiger partial charge on any atom is 0.203 e. The van der Waals surface area contributed by atoms with Crippen molar-refractivity contribution in [2.75, 3.05) is 5.32 Å². The molecule has 1 saturated carbocycles. The molecular formula is C17H23N3. The van der Waals surface area contributed by atoms with E-state index in [-0.39, 0.29) is 0 Å². The van der Waals surface area contributed by atoms with Gasteiger partial charge in [0.15, 0.2) is 0 Å². The quantitative estimate of drug-likeness (QED) is 0.903. The van der Waals surface area contributed by atoms with Crippen LogP contribution in [0.4, 0.5) is 5.95 Å². The molecule has 0 aliphatic heterocycles. The number of benzene rings is 1. The van der Waals surface area contributed by atoms with Crippen molar-refractivity contribution < 1.29 is 0 Å². The number of imidazole rings is 1. The molecule has 1 atom stereocenters. The minimum Gasteiger partial charge on any atom is -0.353 e. The number of rotatable bonds is 4. The number of nitrogens with one attached hydrogen (secondary N) is 1. The molecule has 1 aliphatic carbocycles. The van der Waals surface area contributed by atoms with Gasteiger partial charge in [0, 0.05) is 12.2 Å². The molecule has 106 valence electrons. The summed E-state index contributed by atoms with van der Waals surface area (Å²) in [6.45, 7) is 4.30. The van der Waals surface area contributed by atoms with Crippen molar-refractivity contribution >= 4 is 5.95 Å². The number of aryl methyl sites for hydroxylation is 1. The van der Waals surface area contributed by atoms with Crippen LogP contribution in [0.1, 0.15) is 49.9 Å². The van der Waals surface area contributed by atoms with Gasteiger partial charge in [-0.3, -0.25) is 0 Å². The van der Waals surface area contributed by atoms with Crippen LogP contribution in [0.3, 0.4) is 0 Å². The zero-order valence-electron chi connectivity index (χ0n) is 12.3. The number of anilines is 1. The summed E-state index contributed by atoms with van der Waals surface area (Å²) in [4.78, 5) is 4.67. The van der Waals surface area contributed by atoms with Crippen LogP contribution in [0.5, 0.6) is 0 Å². The Kier molecular flexibility index (Phi) is 3.77. The third kappa shape index (κ3) is 2.72. The lowest BCUT2D eigenvalue weighted by atomic mass is 10.1. The normalized spacial score (nSPS) is 17.3. The molecule has 1 unspecified atom stereocenters. The van der Waals surface area contributed by atoms with E-state index in [1.807, 2.05) is 0 Å². The van der Waals surface area contributed by atoms with E-state index >= 15 is 0 Å². The van der Waals surface area contributed by atoms with Gasteiger partial charge < -0.3 is 9.88 Å². The van der Waals surface area contributed by atoms with E-state index < -0.39 is 0 Å². The predicted molar refractivity (Wildman–Crippen MR) is 83.1 cm³/mol. The highest BCUT2D eigenvalue weighted by atomic mass is 15.2. The van der Waals surface area contributed by atoms with Crippen molar-refractivity contribution in [3.8, 4) is 0 Å². The van der Waals surface area contributed by atoms with Gasteiger partial charge in [-0.25, -0.2) is 4.98 Å². The summed E-state index contributed by atoms with van der Waals surface area (Å²) in [5.41, 5.74) is 2.40. The standard InChI is InChI=1S/C17H23N3/c1-13-12-20(14(2)15-8-4-3-5-9-15)17(18-13)19-16-10-6-7-11-16/h3-5,8-9,12,14,16H,6-7,10-11H2,1-2H3,(H,18,19). The lowest BCUT2D eigenvalue weighted by Crippen LogP contribution is -2.19. The molecule has 20 heavy (non-hydrogen) atoms. The number of hydrogen-bond donors (Lipinski definition) is 1. The first kappa shape index (κ1) is 13.2. The third-order valence-electron chi connectivity index (χ3n) is 4.24. The van der Waals surface area contributed by atoms with E-state index in [1.165, 1.54) is 31.2 Å². The van der Waals surface area contributed by atoms with E-state index in [2.05, 4.69) is 65.2 Å². The minimum absolute atomic E-state index is 0.307. The summed E-state index contributed by atoms with van der Waals surface area (Å²) in [7, 11) is 0. The first-order valence-electron chi connectivity index (χ1n) is 7.61. The van der Waals surface area contributed by atoms with Gasteiger partial charge in [-0.2, -0.15) is 0 Å². The van der Waals surface area contributed by atoms with Gasteiger partial charge in [0.2, 0.25) is 5.95 Å². The van der Waals surface area contributed by atoms with Crippen molar-refractivity contribution in [3.05, 3.63) is 47.8 Å². The van der Waals surface area contributed by atoms with Gasteiger partial charge in [-0.15, -0.1) is 0 Å². The van der Waals surface area contributed by atoms with Gasteiger partial charge >= 0.3 is 0 Å². The van der Waals surface area contributed by atoms with Gasteiger partial charge in [0.05, 0.1) is 11.7 Å². The van der Waals surface area contributed by atoms with E-state index in [0.717, 1.165) is 11.6 Å². The topological polar surface area (TPSA) is 29.9 Å². The number of nitrogens with zero attached hydrogens (tertiary/aromatic N) is 2. The second kappa shape index (κ2) is 5.70. The maximum atomic E-state index is 4.67. The van der Waals surface area contributed by atoms with E-state index in [4.69, 9.17) is 0 Å². The Morgan fingerprint density at radius 2 is 1.90 bits per heavy atom. The van der Waals surface area contributed by atoms with Crippen molar-refractivity contribution in [3.63, 3.8) is 0 Å². The molecular weight excluding hydrogens is 246 g/mol. The SMILES string of the molecule is Cc1cn(C(C)c2ccccc2)c(NC2CCCC2)n1. The first-order valence-corrected chi connectivity index (χ1v) is 7.61. The summed E-state index contributed by atoms with van der Waals surface area (Å²) >= 11 is 0. The molecule has 3 nitrogen and oxygen atoms in total. The zero-order valence-corrected chi connectivity index (χ0v) is 12.3. The Hall–Kier alpha value is -1.77. The highest BCUT2D eigenvalue weighted by Crippen LogP contribution is 2.26. The Morgan fingerprint density at radius 3 is 2.60 bits per heavy atom. The van der Waals surface area contributed by atoms with Crippen LogP contribution in [0.2, 0.25) is 0 Å². The lowest BCUT2D eigenvalue weighted by molar-refractivity contribution is 0.630. The molecule has 3 heteroatoms. The highest BCUT2D eigenvalue weighted by molar-refractivity contribution is 5.34. The predicted octanol–water partition coefficient (Wildman–Crippen LogP) is 4.16. The molecule has 0 radical (unpaired) electrons. The number of aromatic nitrogens is 2. The van der Waals surface area contributed by atoms with Crippen LogP contribution < -0.4 is 5.32 Å². The van der Waals surface area contributed by atoms with Crippen LogP contribution >= 0.6 is 0 Å². The van der Waals surface area contributed by atoms with Gasteiger partial charge in [0.1, 0.15) is 0 Å². The van der Waals surface area contributed by atoms with Crippen molar-refractivity contribution in [1.29, 1.82) is 0 Å². The zero-order chi connectivity index (χ0) is 13.9. The molecule has 2 aromatic rings. The largest absolute Gasteiger partial charge is 0.353 e. The Morgan fingerprint density at radius 1 is 1.20 bits per heavy atom.